The highest BCUT2D eigenvalue weighted by Gasteiger charge is 2.28. The van der Waals surface area contributed by atoms with E-state index in [1.165, 1.54) is 24.5 Å². The minimum absolute atomic E-state index is 0.0689. The first-order chi connectivity index (χ1) is 15.4. The topological polar surface area (TPSA) is 98.7 Å². The average Bonchev–Trinajstić information content (AvgIpc) is 3.34. The van der Waals surface area contributed by atoms with Crippen LogP contribution in [0.4, 0.5) is 11.6 Å². The van der Waals surface area contributed by atoms with E-state index >= 15 is 0 Å². The van der Waals surface area contributed by atoms with Gasteiger partial charge in [0, 0.05) is 64.4 Å². The third-order valence-corrected chi connectivity index (χ3v) is 7.84. The summed E-state index contributed by atoms with van der Waals surface area (Å²) in [5.74, 6) is 0.409. The first-order valence-electron chi connectivity index (χ1n) is 11.0. The van der Waals surface area contributed by atoms with Gasteiger partial charge in [-0.15, -0.1) is 0 Å². The number of aromatic nitrogens is 2. The highest BCUT2D eigenvalue weighted by atomic mass is 32.2. The molecule has 4 rings (SSSR count). The molecule has 2 fully saturated rings. The maximum Gasteiger partial charge on any atom is 0.253 e. The van der Waals surface area contributed by atoms with Crippen molar-refractivity contribution in [3.8, 4) is 0 Å². The van der Waals surface area contributed by atoms with E-state index in [4.69, 9.17) is 0 Å². The Bertz CT molecular complexity index is 1050. The number of piperidine rings is 1. The first kappa shape index (κ1) is 22.5. The van der Waals surface area contributed by atoms with E-state index in [2.05, 4.69) is 25.1 Å². The van der Waals surface area contributed by atoms with Crippen LogP contribution in [-0.4, -0.2) is 74.9 Å². The Morgan fingerprint density at radius 2 is 1.75 bits per heavy atom. The van der Waals surface area contributed by atoms with Gasteiger partial charge in [-0.3, -0.25) is 4.79 Å². The molecule has 1 N–H and O–H groups in total. The van der Waals surface area contributed by atoms with Crippen LogP contribution in [0, 0.1) is 0 Å². The number of rotatable bonds is 6. The van der Waals surface area contributed by atoms with Gasteiger partial charge in [0.1, 0.15) is 0 Å². The predicted molar refractivity (Wildman–Crippen MR) is 123 cm³/mol. The Kier molecular flexibility index (Phi) is 6.61. The summed E-state index contributed by atoms with van der Waals surface area (Å²) < 4.78 is 26.5. The number of nitrogens with one attached hydrogen (secondary N) is 1. The van der Waals surface area contributed by atoms with Crippen molar-refractivity contribution < 1.29 is 13.2 Å². The third kappa shape index (κ3) is 4.71. The van der Waals surface area contributed by atoms with Gasteiger partial charge >= 0.3 is 0 Å². The van der Waals surface area contributed by atoms with E-state index < -0.39 is 10.0 Å². The zero-order chi connectivity index (χ0) is 22.7. The van der Waals surface area contributed by atoms with Gasteiger partial charge in [0.25, 0.3) is 5.91 Å². The smallest absolute Gasteiger partial charge is 0.253 e. The molecule has 0 radical (unpaired) electrons. The Labute approximate surface area is 189 Å². The summed E-state index contributed by atoms with van der Waals surface area (Å²) in [6, 6.07) is 6.58. The van der Waals surface area contributed by atoms with E-state index in [1.54, 1.807) is 30.6 Å². The van der Waals surface area contributed by atoms with Crippen LogP contribution in [0.5, 0.6) is 0 Å². The standard InChI is InChI=1S/C22H30N6O3S/c1-26(2)32(30,31)18-8-9-20(27-12-3-4-13-27)19(15-18)21(29)25-17-7-5-14-28(16-17)22-23-10-6-11-24-22/h6,8-11,15,17H,3-5,7,12-14,16H2,1-2H3,(H,25,29). The van der Waals surface area contributed by atoms with Crippen LogP contribution >= 0.6 is 0 Å². The van der Waals surface area contributed by atoms with Crippen LogP contribution in [0.25, 0.3) is 0 Å². The van der Waals surface area contributed by atoms with Crippen molar-refractivity contribution in [2.45, 2.75) is 36.6 Å². The van der Waals surface area contributed by atoms with Gasteiger partial charge < -0.3 is 15.1 Å². The molecule has 1 atom stereocenters. The largest absolute Gasteiger partial charge is 0.371 e. The lowest BCUT2D eigenvalue weighted by Gasteiger charge is -2.33. The van der Waals surface area contributed by atoms with Gasteiger partial charge in [-0.05, 0) is 49.9 Å². The van der Waals surface area contributed by atoms with Gasteiger partial charge in [0.2, 0.25) is 16.0 Å². The Balaban J connectivity index is 1.58. The molecule has 32 heavy (non-hydrogen) atoms. The van der Waals surface area contributed by atoms with Crippen molar-refractivity contribution in [3.63, 3.8) is 0 Å². The normalized spacial score (nSPS) is 19.4. The summed E-state index contributed by atoms with van der Waals surface area (Å²) >= 11 is 0. The maximum absolute atomic E-state index is 13.4. The molecule has 1 aromatic heterocycles. The Morgan fingerprint density at radius 3 is 2.44 bits per heavy atom. The molecule has 2 saturated heterocycles. The fourth-order valence-corrected chi connectivity index (χ4v) is 5.22. The number of sulfonamides is 1. The molecule has 1 unspecified atom stereocenters. The van der Waals surface area contributed by atoms with E-state index in [0.29, 0.717) is 18.1 Å². The second-order valence-electron chi connectivity index (χ2n) is 8.47. The van der Waals surface area contributed by atoms with E-state index in [-0.39, 0.29) is 16.8 Å². The molecular weight excluding hydrogens is 428 g/mol. The molecule has 10 heteroatoms. The molecule has 9 nitrogen and oxygen atoms in total. The highest BCUT2D eigenvalue weighted by Crippen LogP contribution is 2.28. The molecule has 172 valence electrons. The van der Waals surface area contributed by atoms with Gasteiger partial charge in [-0.25, -0.2) is 22.7 Å². The maximum atomic E-state index is 13.4. The second kappa shape index (κ2) is 9.41. The van der Waals surface area contributed by atoms with Crippen LogP contribution < -0.4 is 15.1 Å². The number of benzene rings is 1. The molecule has 2 aromatic rings. The fraction of sp³-hybridized carbons (Fsp3) is 0.500. The number of carbonyl (C=O) groups excluding carboxylic acids is 1. The van der Waals surface area contributed by atoms with Gasteiger partial charge in [0.05, 0.1) is 10.5 Å². The SMILES string of the molecule is CN(C)S(=O)(=O)c1ccc(N2CCCC2)c(C(=O)NC2CCCN(c3ncccn3)C2)c1. The van der Waals surface area contributed by atoms with Crippen molar-refractivity contribution in [2.75, 3.05) is 50.1 Å². The zero-order valence-electron chi connectivity index (χ0n) is 18.6. The molecule has 0 spiro atoms. The minimum atomic E-state index is -3.64. The number of hydrogen-bond acceptors (Lipinski definition) is 7. The number of carbonyl (C=O) groups is 1. The molecule has 1 aromatic carbocycles. The fourth-order valence-electron chi connectivity index (χ4n) is 4.30. The quantitative estimate of drug-likeness (QED) is 0.704. The zero-order valence-corrected chi connectivity index (χ0v) is 19.4. The average molecular weight is 459 g/mol. The van der Waals surface area contributed by atoms with Crippen LogP contribution in [0.3, 0.4) is 0 Å². The number of nitrogens with zero attached hydrogens (tertiary/aromatic N) is 5. The van der Waals surface area contributed by atoms with Crippen molar-refractivity contribution >= 4 is 27.6 Å². The Hall–Kier alpha value is -2.72. The second-order valence-corrected chi connectivity index (χ2v) is 10.6. The van der Waals surface area contributed by atoms with Crippen molar-refractivity contribution in [3.05, 3.63) is 42.2 Å². The van der Waals surface area contributed by atoms with Gasteiger partial charge in [-0.2, -0.15) is 0 Å². The monoisotopic (exact) mass is 458 g/mol. The third-order valence-electron chi connectivity index (χ3n) is 6.03. The van der Waals surface area contributed by atoms with E-state index in [1.807, 2.05) is 0 Å². The summed E-state index contributed by atoms with van der Waals surface area (Å²) in [6.07, 6.45) is 7.31. The molecule has 0 bridgehead atoms. The summed E-state index contributed by atoms with van der Waals surface area (Å²) in [4.78, 5) is 26.4. The Morgan fingerprint density at radius 1 is 1.06 bits per heavy atom. The van der Waals surface area contributed by atoms with Crippen LogP contribution in [0.2, 0.25) is 0 Å². The molecule has 0 aliphatic carbocycles. The molecule has 3 heterocycles. The van der Waals surface area contributed by atoms with Crippen LogP contribution in [-0.2, 0) is 10.0 Å². The summed E-state index contributed by atoms with van der Waals surface area (Å²) in [5.41, 5.74) is 1.19. The van der Waals surface area contributed by atoms with Crippen LogP contribution in [0.15, 0.2) is 41.6 Å². The summed E-state index contributed by atoms with van der Waals surface area (Å²) in [5, 5.41) is 3.14. The van der Waals surface area contributed by atoms with E-state index in [0.717, 1.165) is 51.0 Å². The predicted octanol–water partition coefficient (Wildman–Crippen LogP) is 1.73. The molecule has 1 amide bonds. The first-order valence-corrected chi connectivity index (χ1v) is 12.4. The minimum Gasteiger partial charge on any atom is -0.371 e. The summed E-state index contributed by atoms with van der Waals surface area (Å²) in [6.45, 7) is 3.18. The lowest BCUT2D eigenvalue weighted by atomic mass is 10.0. The molecule has 2 aliphatic heterocycles. The van der Waals surface area contributed by atoms with Crippen molar-refractivity contribution in [1.29, 1.82) is 0 Å². The number of amides is 1. The highest BCUT2D eigenvalue weighted by molar-refractivity contribution is 7.89. The van der Waals surface area contributed by atoms with Crippen molar-refractivity contribution in [1.82, 2.24) is 19.6 Å². The summed E-state index contributed by atoms with van der Waals surface area (Å²) in [7, 11) is -0.657. The molecule has 2 aliphatic rings. The van der Waals surface area contributed by atoms with Gasteiger partial charge in [0.15, 0.2) is 0 Å². The van der Waals surface area contributed by atoms with Crippen molar-refractivity contribution in [2.24, 2.45) is 0 Å². The molecular formula is C22H30N6O3S. The van der Waals surface area contributed by atoms with E-state index in [9.17, 15) is 13.2 Å². The van der Waals surface area contributed by atoms with Crippen LogP contribution in [0.1, 0.15) is 36.0 Å². The van der Waals surface area contributed by atoms with Gasteiger partial charge in [-0.1, -0.05) is 0 Å². The number of hydrogen-bond donors (Lipinski definition) is 1. The lowest BCUT2D eigenvalue weighted by molar-refractivity contribution is 0.0933. The lowest BCUT2D eigenvalue weighted by Crippen LogP contribution is -2.48. The number of anilines is 2. The molecule has 0 saturated carbocycles.